The number of carbonyl (C=O) groups excluding carboxylic acids is 2. The zero-order valence-electron chi connectivity index (χ0n) is 55.3. The summed E-state index contributed by atoms with van der Waals surface area (Å²) in [6.45, 7) is 5.00. The molecule has 0 radical (unpaired) electrons. The van der Waals surface area contributed by atoms with Gasteiger partial charge in [0.05, 0.1) is 25.4 Å². The first-order valence-electron chi connectivity index (χ1n) is 37.4. The quantitative estimate of drug-likeness (QED) is 0.0320. The van der Waals surface area contributed by atoms with Crippen LogP contribution in [0.4, 0.5) is 0 Å². The van der Waals surface area contributed by atoms with Gasteiger partial charge in [-0.15, -0.1) is 0 Å². The van der Waals surface area contributed by atoms with Gasteiger partial charge in [0, 0.05) is 12.8 Å². The molecule has 0 aromatic carbocycles. The van der Waals surface area contributed by atoms with Crippen LogP contribution >= 0.6 is 0 Å². The largest absolute Gasteiger partial charge is 0.466 e. The van der Waals surface area contributed by atoms with Gasteiger partial charge < -0.3 is 20.3 Å². The number of nitrogens with one attached hydrogen (secondary N) is 1. The number of carbonyl (C=O) groups is 2. The second-order valence-electron chi connectivity index (χ2n) is 26.0. The fourth-order valence-electron chi connectivity index (χ4n) is 12.1. The highest BCUT2D eigenvalue weighted by molar-refractivity contribution is 5.76. The Morgan fingerprint density at radius 1 is 0.333 bits per heavy atom. The monoisotopic (exact) mass is 1140 g/mol. The highest BCUT2D eigenvalue weighted by Crippen LogP contribution is 2.20. The smallest absolute Gasteiger partial charge is 0.305 e. The van der Waals surface area contributed by atoms with Crippen LogP contribution in [-0.2, 0) is 14.3 Å². The molecule has 0 heterocycles. The van der Waals surface area contributed by atoms with E-state index < -0.39 is 12.1 Å². The van der Waals surface area contributed by atoms with E-state index in [0.717, 1.165) is 44.9 Å². The highest BCUT2D eigenvalue weighted by Gasteiger charge is 2.20. The molecule has 482 valence electrons. The Morgan fingerprint density at radius 2 is 0.580 bits per heavy atom. The van der Waals surface area contributed by atoms with Crippen molar-refractivity contribution < 1.29 is 24.5 Å². The van der Waals surface area contributed by atoms with Crippen LogP contribution in [0.25, 0.3) is 0 Å². The molecule has 0 aliphatic heterocycles. The number of amides is 1. The lowest BCUT2D eigenvalue weighted by molar-refractivity contribution is -0.143. The minimum Gasteiger partial charge on any atom is -0.466 e. The molecule has 3 N–H and O–H groups in total. The zero-order chi connectivity index (χ0) is 58.5. The fraction of sp³-hybridized carbons (Fsp3) is 0.947. The summed E-state index contributed by atoms with van der Waals surface area (Å²) in [4.78, 5) is 24.6. The van der Waals surface area contributed by atoms with Crippen molar-refractivity contribution in [3.8, 4) is 0 Å². The van der Waals surface area contributed by atoms with Gasteiger partial charge in [0.1, 0.15) is 0 Å². The predicted molar refractivity (Wildman–Crippen MR) is 357 cm³/mol. The first kappa shape index (κ1) is 79.6. The maximum Gasteiger partial charge on any atom is 0.305 e. The lowest BCUT2D eigenvalue weighted by atomic mass is 10.0. The van der Waals surface area contributed by atoms with Crippen LogP contribution in [0.5, 0.6) is 0 Å². The number of allylic oxidation sites excluding steroid dienone is 2. The van der Waals surface area contributed by atoms with Crippen LogP contribution in [0, 0.1) is 0 Å². The third-order valence-corrected chi connectivity index (χ3v) is 17.8. The van der Waals surface area contributed by atoms with Crippen molar-refractivity contribution in [2.75, 3.05) is 13.2 Å². The van der Waals surface area contributed by atoms with Crippen molar-refractivity contribution in [3.63, 3.8) is 0 Å². The van der Waals surface area contributed by atoms with Gasteiger partial charge in [0.15, 0.2) is 0 Å². The third kappa shape index (κ3) is 67.6. The summed E-state index contributed by atoms with van der Waals surface area (Å²) in [6.07, 6.45) is 88.5. The van der Waals surface area contributed by atoms with Gasteiger partial charge in [-0.2, -0.15) is 0 Å². The molecule has 0 saturated heterocycles. The molecule has 0 aromatic heterocycles. The van der Waals surface area contributed by atoms with Gasteiger partial charge in [0.25, 0.3) is 0 Å². The predicted octanol–water partition coefficient (Wildman–Crippen LogP) is 24.3. The van der Waals surface area contributed by atoms with E-state index in [9.17, 15) is 19.8 Å². The van der Waals surface area contributed by atoms with Crippen LogP contribution in [0.3, 0.4) is 0 Å². The number of ether oxygens (including phenoxy) is 1. The fourth-order valence-corrected chi connectivity index (χ4v) is 12.1. The highest BCUT2D eigenvalue weighted by atomic mass is 16.5. The van der Waals surface area contributed by atoms with E-state index in [0.29, 0.717) is 25.9 Å². The average molecular weight is 1140 g/mol. The minimum atomic E-state index is -0.663. The molecule has 2 atom stereocenters. The van der Waals surface area contributed by atoms with Gasteiger partial charge in [-0.1, -0.05) is 379 Å². The summed E-state index contributed by atoms with van der Waals surface area (Å²) in [5.74, 6) is -0.0161. The Hall–Kier alpha value is -1.40. The second kappa shape index (κ2) is 71.1. The molecule has 0 fully saturated rings. The molecule has 0 aliphatic carbocycles. The van der Waals surface area contributed by atoms with Crippen molar-refractivity contribution in [2.24, 2.45) is 0 Å². The molecule has 1 amide bonds. The molecule has 6 heteroatoms. The third-order valence-electron chi connectivity index (χ3n) is 17.8. The summed E-state index contributed by atoms with van der Waals surface area (Å²) in [7, 11) is 0. The summed E-state index contributed by atoms with van der Waals surface area (Å²) in [6, 6.07) is -0.540. The number of unbranched alkanes of at least 4 members (excludes halogenated alkanes) is 58. The standard InChI is InChI=1S/C75H147NO5/c1-3-5-7-9-11-13-15-17-19-21-22-23-30-33-36-39-43-47-51-55-59-63-67-73(78)72(71-77)76-74(79)68-64-60-56-52-48-44-40-37-34-31-28-26-24-25-27-29-32-35-38-42-46-50-54-58-62-66-70-81-75(80)69-65-61-57-53-49-45-41-20-18-16-14-12-10-8-6-4-2/h20,41,72-73,77-78H,3-19,21-40,42-71H2,1-2H3,(H,76,79)/b41-20-. The molecular formula is C75H147NO5. The van der Waals surface area contributed by atoms with E-state index in [-0.39, 0.29) is 18.5 Å². The Morgan fingerprint density at radius 3 is 0.877 bits per heavy atom. The van der Waals surface area contributed by atoms with Crippen molar-refractivity contribution in [2.45, 2.75) is 443 Å². The van der Waals surface area contributed by atoms with Gasteiger partial charge >= 0.3 is 5.97 Å². The molecule has 0 aliphatic rings. The number of aliphatic hydroxyl groups is 2. The first-order valence-corrected chi connectivity index (χ1v) is 37.4. The molecule has 6 nitrogen and oxygen atoms in total. The molecule has 0 spiro atoms. The summed E-state index contributed by atoms with van der Waals surface area (Å²) in [5, 5.41) is 23.4. The lowest BCUT2D eigenvalue weighted by Crippen LogP contribution is -2.45. The Balaban J connectivity index is 3.35. The van der Waals surface area contributed by atoms with Crippen molar-refractivity contribution >= 4 is 11.9 Å². The van der Waals surface area contributed by atoms with Gasteiger partial charge in [0.2, 0.25) is 5.91 Å². The number of esters is 1. The lowest BCUT2D eigenvalue weighted by Gasteiger charge is -2.22. The van der Waals surface area contributed by atoms with E-state index in [2.05, 4.69) is 31.3 Å². The number of aliphatic hydroxyl groups excluding tert-OH is 2. The normalized spacial score (nSPS) is 12.5. The van der Waals surface area contributed by atoms with Crippen LogP contribution in [-0.4, -0.2) is 47.4 Å². The summed E-state index contributed by atoms with van der Waals surface area (Å²) >= 11 is 0. The van der Waals surface area contributed by atoms with E-state index in [4.69, 9.17) is 4.74 Å². The molecule has 0 saturated carbocycles. The molecular weight excluding hydrogens is 995 g/mol. The number of hydrogen-bond donors (Lipinski definition) is 3. The van der Waals surface area contributed by atoms with Crippen LogP contribution in [0.2, 0.25) is 0 Å². The van der Waals surface area contributed by atoms with E-state index >= 15 is 0 Å². The summed E-state index contributed by atoms with van der Waals surface area (Å²) < 4.78 is 5.50. The topological polar surface area (TPSA) is 95.9 Å². The maximum absolute atomic E-state index is 12.6. The van der Waals surface area contributed by atoms with E-state index in [1.165, 1.54) is 353 Å². The second-order valence-corrected chi connectivity index (χ2v) is 26.0. The van der Waals surface area contributed by atoms with E-state index in [1.54, 1.807) is 0 Å². The summed E-state index contributed by atoms with van der Waals surface area (Å²) in [5.41, 5.74) is 0. The van der Waals surface area contributed by atoms with Crippen LogP contribution < -0.4 is 5.32 Å². The van der Waals surface area contributed by atoms with Crippen molar-refractivity contribution in [3.05, 3.63) is 12.2 Å². The number of hydrogen-bond acceptors (Lipinski definition) is 5. The van der Waals surface area contributed by atoms with E-state index in [1.807, 2.05) is 0 Å². The molecule has 0 rings (SSSR count). The van der Waals surface area contributed by atoms with Crippen LogP contribution in [0.15, 0.2) is 12.2 Å². The zero-order valence-corrected chi connectivity index (χ0v) is 55.3. The van der Waals surface area contributed by atoms with Crippen molar-refractivity contribution in [1.29, 1.82) is 0 Å². The first-order chi connectivity index (χ1) is 40.0. The molecule has 0 bridgehead atoms. The van der Waals surface area contributed by atoms with Crippen LogP contribution in [0.1, 0.15) is 431 Å². The molecule has 2 unspecified atom stereocenters. The Bertz CT molecular complexity index is 1220. The number of rotatable bonds is 71. The maximum atomic E-state index is 12.6. The molecule has 81 heavy (non-hydrogen) atoms. The average Bonchev–Trinajstić information content (AvgIpc) is 3.47. The minimum absolute atomic E-state index is 0.0112. The van der Waals surface area contributed by atoms with Crippen molar-refractivity contribution in [1.82, 2.24) is 5.32 Å². The molecule has 0 aromatic rings. The van der Waals surface area contributed by atoms with Gasteiger partial charge in [-0.25, -0.2) is 0 Å². The SMILES string of the molecule is CCCCCCCCC/C=C\CCCCCCCC(=O)OCCCCCCCCCCCCCCCCCCCCCCCCCCCCC(=O)NC(CO)C(O)CCCCCCCCCCCCCCCCCCCCCCCC. The van der Waals surface area contributed by atoms with Gasteiger partial charge in [-0.3, -0.25) is 9.59 Å². The van der Waals surface area contributed by atoms with Gasteiger partial charge in [-0.05, 0) is 51.4 Å². The Kier molecular flexibility index (Phi) is 69.9. The Labute approximate surface area is 508 Å².